The Balaban J connectivity index is 2.04. The molecule has 21 heavy (non-hydrogen) atoms. The Labute approximate surface area is 126 Å². The van der Waals surface area contributed by atoms with Crippen LogP contribution in [0.25, 0.3) is 22.4 Å². The molecule has 0 aliphatic rings. The summed E-state index contributed by atoms with van der Waals surface area (Å²) in [5.41, 5.74) is 8.57. The molecule has 1 nitrogen and oxygen atoms in total. The molecule has 0 saturated heterocycles. The Hall–Kier alpha value is -2.41. The fraction of sp³-hybridized carbons (Fsp3) is 0.150. The maximum atomic E-state index is 4.51. The zero-order valence-corrected chi connectivity index (χ0v) is 12.7. The Bertz CT molecular complexity index is 770. The Morgan fingerprint density at radius 1 is 0.714 bits per heavy atom. The molecule has 3 aromatic rings. The van der Waals surface area contributed by atoms with Gasteiger partial charge in [0.05, 0.1) is 5.69 Å². The number of pyridine rings is 1. The van der Waals surface area contributed by atoms with E-state index >= 15 is 0 Å². The van der Waals surface area contributed by atoms with Crippen LogP contribution in [0.5, 0.6) is 0 Å². The van der Waals surface area contributed by atoms with E-state index in [4.69, 9.17) is 0 Å². The number of rotatable bonds is 2. The van der Waals surface area contributed by atoms with E-state index in [1.165, 1.54) is 33.4 Å². The van der Waals surface area contributed by atoms with Gasteiger partial charge in [-0.1, -0.05) is 42.5 Å². The molecule has 104 valence electrons. The van der Waals surface area contributed by atoms with E-state index in [9.17, 15) is 0 Å². The number of benzene rings is 2. The maximum Gasteiger partial charge on any atom is 0.0702 e. The number of nitrogens with zero attached hydrogens (tertiary/aromatic N) is 1. The second-order valence-corrected chi connectivity index (χ2v) is 5.57. The quantitative estimate of drug-likeness (QED) is 0.614. The van der Waals surface area contributed by atoms with E-state index in [1.807, 2.05) is 6.20 Å². The standard InChI is InChI=1S/C20H19N/c1-14-8-11-20(21-13-14)17-9-10-19(16(3)12-17)18-7-5-4-6-15(18)2/h4-13H,1-3H3. The van der Waals surface area contributed by atoms with Crippen molar-refractivity contribution in [2.24, 2.45) is 0 Å². The molecule has 2 aromatic carbocycles. The van der Waals surface area contributed by atoms with E-state index in [0.29, 0.717) is 0 Å². The predicted molar refractivity (Wildman–Crippen MR) is 89.3 cm³/mol. The van der Waals surface area contributed by atoms with Crippen molar-refractivity contribution in [3.63, 3.8) is 0 Å². The monoisotopic (exact) mass is 273 g/mol. The molecule has 0 atom stereocenters. The first-order valence-corrected chi connectivity index (χ1v) is 7.25. The molecule has 0 radical (unpaired) electrons. The van der Waals surface area contributed by atoms with Crippen LogP contribution >= 0.6 is 0 Å². The second kappa shape index (κ2) is 5.53. The predicted octanol–water partition coefficient (Wildman–Crippen LogP) is 5.34. The summed E-state index contributed by atoms with van der Waals surface area (Å²) in [6.07, 6.45) is 1.92. The Morgan fingerprint density at radius 3 is 2.14 bits per heavy atom. The normalized spacial score (nSPS) is 10.6. The van der Waals surface area contributed by atoms with E-state index in [-0.39, 0.29) is 0 Å². The molecule has 1 heterocycles. The summed E-state index contributed by atoms with van der Waals surface area (Å²) < 4.78 is 0. The van der Waals surface area contributed by atoms with Crippen molar-refractivity contribution >= 4 is 0 Å². The molecule has 0 bridgehead atoms. The minimum atomic E-state index is 1.03. The zero-order valence-electron chi connectivity index (χ0n) is 12.7. The van der Waals surface area contributed by atoms with Gasteiger partial charge in [-0.3, -0.25) is 4.98 Å². The van der Waals surface area contributed by atoms with Crippen molar-refractivity contribution in [2.75, 3.05) is 0 Å². The van der Waals surface area contributed by atoms with Gasteiger partial charge < -0.3 is 0 Å². The molecule has 1 heteroatoms. The number of hydrogen-bond donors (Lipinski definition) is 0. The van der Waals surface area contributed by atoms with Crippen molar-refractivity contribution < 1.29 is 0 Å². The lowest BCUT2D eigenvalue weighted by molar-refractivity contribution is 1.27. The molecule has 0 aliphatic carbocycles. The van der Waals surface area contributed by atoms with E-state index in [0.717, 1.165) is 5.69 Å². The van der Waals surface area contributed by atoms with Crippen LogP contribution in [-0.4, -0.2) is 4.98 Å². The molecule has 0 unspecified atom stereocenters. The lowest BCUT2D eigenvalue weighted by Crippen LogP contribution is -1.89. The highest BCUT2D eigenvalue weighted by molar-refractivity contribution is 5.74. The number of hydrogen-bond acceptors (Lipinski definition) is 1. The van der Waals surface area contributed by atoms with Gasteiger partial charge in [0.1, 0.15) is 0 Å². The van der Waals surface area contributed by atoms with Gasteiger partial charge in [-0.15, -0.1) is 0 Å². The van der Waals surface area contributed by atoms with Gasteiger partial charge >= 0.3 is 0 Å². The zero-order chi connectivity index (χ0) is 14.8. The van der Waals surface area contributed by atoms with Crippen LogP contribution in [0.4, 0.5) is 0 Å². The molecule has 0 aliphatic heterocycles. The lowest BCUT2D eigenvalue weighted by atomic mass is 9.94. The average Bonchev–Trinajstić information content (AvgIpc) is 2.49. The minimum absolute atomic E-state index is 1.03. The molecule has 0 saturated carbocycles. The van der Waals surface area contributed by atoms with Gasteiger partial charge in [0, 0.05) is 11.8 Å². The third-order valence-corrected chi connectivity index (χ3v) is 3.87. The summed E-state index contributed by atoms with van der Waals surface area (Å²) in [6, 6.07) is 19.3. The SMILES string of the molecule is Cc1ccc(-c2ccc(-c3ccccc3C)c(C)c2)nc1. The van der Waals surface area contributed by atoms with Gasteiger partial charge in [0.2, 0.25) is 0 Å². The first kappa shape index (κ1) is 13.6. The van der Waals surface area contributed by atoms with Crippen molar-refractivity contribution in [1.29, 1.82) is 0 Å². The van der Waals surface area contributed by atoms with E-state index in [2.05, 4.69) is 80.4 Å². The molecule has 0 amide bonds. The smallest absolute Gasteiger partial charge is 0.0702 e. The summed E-state index contributed by atoms with van der Waals surface area (Å²) >= 11 is 0. The highest BCUT2D eigenvalue weighted by Crippen LogP contribution is 2.29. The first-order chi connectivity index (χ1) is 10.1. The third-order valence-electron chi connectivity index (χ3n) is 3.87. The van der Waals surface area contributed by atoms with E-state index < -0.39 is 0 Å². The molecule has 0 N–H and O–H groups in total. The van der Waals surface area contributed by atoms with Crippen molar-refractivity contribution in [3.05, 3.63) is 77.5 Å². The van der Waals surface area contributed by atoms with Gasteiger partial charge in [0.15, 0.2) is 0 Å². The highest BCUT2D eigenvalue weighted by Gasteiger charge is 2.07. The number of aromatic nitrogens is 1. The fourth-order valence-corrected chi connectivity index (χ4v) is 2.64. The average molecular weight is 273 g/mol. The lowest BCUT2D eigenvalue weighted by Gasteiger charge is -2.11. The molecular weight excluding hydrogens is 254 g/mol. The van der Waals surface area contributed by atoms with Crippen LogP contribution in [0.1, 0.15) is 16.7 Å². The summed E-state index contributed by atoms with van der Waals surface area (Å²) in [6.45, 7) is 6.38. The first-order valence-electron chi connectivity index (χ1n) is 7.25. The molecule has 1 aromatic heterocycles. The van der Waals surface area contributed by atoms with E-state index in [1.54, 1.807) is 0 Å². The Kier molecular flexibility index (Phi) is 3.57. The largest absolute Gasteiger partial charge is 0.256 e. The van der Waals surface area contributed by atoms with Crippen molar-refractivity contribution in [2.45, 2.75) is 20.8 Å². The van der Waals surface area contributed by atoms with Crippen LogP contribution in [0.15, 0.2) is 60.8 Å². The maximum absolute atomic E-state index is 4.51. The molecule has 0 spiro atoms. The topological polar surface area (TPSA) is 12.9 Å². The highest BCUT2D eigenvalue weighted by atomic mass is 14.7. The summed E-state index contributed by atoms with van der Waals surface area (Å²) in [4.78, 5) is 4.51. The van der Waals surface area contributed by atoms with Crippen molar-refractivity contribution in [1.82, 2.24) is 4.98 Å². The van der Waals surface area contributed by atoms with Crippen LogP contribution in [0, 0.1) is 20.8 Å². The Morgan fingerprint density at radius 2 is 1.48 bits per heavy atom. The van der Waals surface area contributed by atoms with Gasteiger partial charge in [-0.2, -0.15) is 0 Å². The number of aryl methyl sites for hydroxylation is 3. The summed E-state index contributed by atoms with van der Waals surface area (Å²) in [7, 11) is 0. The van der Waals surface area contributed by atoms with Crippen molar-refractivity contribution in [3.8, 4) is 22.4 Å². The summed E-state index contributed by atoms with van der Waals surface area (Å²) in [5, 5.41) is 0. The molecular formula is C20H19N. The van der Waals surface area contributed by atoms with Crippen LogP contribution in [0.2, 0.25) is 0 Å². The second-order valence-electron chi connectivity index (χ2n) is 5.57. The van der Waals surface area contributed by atoms with Crippen LogP contribution in [0.3, 0.4) is 0 Å². The van der Waals surface area contributed by atoms with Crippen LogP contribution < -0.4 is 0 Å². The molecule has 0 fully saturated rings. The minimum Gasteiger partial charge on any atom is -0.256 e. The van der Waals surface area contributed by atoms with Crippen LogP contribution in [-0.2, 0) is 0 Å². The van der Waals surface area contributed by atoms with Gasteiger partial charge in [-0.25, -0.2) is 0 Å². The van der Waals surface area contributed by atoms with Gasteiger partial charge in [0.25, 0.3) is 0 Å². The fourth-order valence-electron chi connectivity index (χ4n) is 2.64. The molecule has 3 rings (SSSR count). The third kappa shape index (κ3) is 2.73. The summed E-state index contributed by atoms with van der Waals surface area (Å²) in [5.74, 6) is 0. The van der Waals surface area contributed by atoms with Gasteiger partial charge in [-0.05, 0) is 60.7 Å².